The summed E-state index contributed by atoms with van der Waals surface area (Å²) in [5.41, 5.74) is 3.22. The monoisotopic (exact) mass is 329 g/mol. The van der Waals surface area contributed by atoms with Crippen LogP contribution in [-0.2, 0) is 18.4 Å². The lowest BCUT2D eigenvalue weighted by atomic mass is 9.88. The standard InChI is InChI=1S/C18H23N3O3/c1-12-13(8-19-20(12)2)9-21-10-15(16(11-21)18(22)23)14-6-4-5-7-17(14)24-3/h4-8,15-16H,9-11H2,1-3H3,(H,22,23)/t15-,16+/m0/s1. The minimum Gasteiger partial charge on any atom is -0.496 e. The number of likely N-dealkylation sites (tertiary alicyclic amines) is 1. The van der Waals surface area contributed by atoms with E-state index in [4.69, 9.17) is 4.74 Å². The number of hydrogen-bond donors (Lipinski definition) is 1. The number of carboxylic acid groups (broad SMARTS) is 1. The van der Waals surface area contributed by atoms with E-state index in [1.807, 2.05) is 49.1 Å². The highest BCUT2D eigenvalue weighted by Crippen LogP contribution is 2.38. The molecular weight excluding hydrogens is 306 g/mol. The van der Waals surface area contributed by atoms with Crippen molar-refractivity contribution in [2.45, 2.75) is 19.4 Å². The minimum atomic E-state index is -0.753. The molecule has 6 heteroatoms. The molecule has 0 unspecified atom stereocenters. The van der Waals surface area contributed by atoms with Crippen LogP contribution in [0.25, 0.3) is 0 Å². The Bertz CT molecular complexity index is 741. The number of methoxy groups -OCH3 is 1. The summed E-state index contributed by atoms with van der Waals surface area (Å²) in [5.74, 6) is -0.502. The first-order valence-electron chi connectivity index (χ1n) is 8.06. The number of ether oxygens (including phenoxy) is 1. The van der Waals surface area contributed by atoms with Gasteiger partial charge in [-0.15, -0.1) is 0 Å². The van der Waals surface area contributed by atoms with Crippen LogP contribution in [0.5, 0.6) is 5.75 Å². The molecule has 1 aliphatic rings. The second kappa shape index (κ2) is 6.65. The number of benzene rings is 1. The summed E-state index contributed by atoms with van der Waals surface area (Å²) in [6.45, 7) is 3.98. The summed E-state index contributed by atoms with van der Waals surface area (Å²) in [5, 5.41) is 13.9. The van der Waals surface area contributed by atoms with Crippen LogP contribution in [0, 0.1) is 12.8 Å². The van der Waals surface area contributed by atoms with Gasteiger partial charge in [-0.05, 0) is 18.6 Å². The molecule has 6 nitrogen and oxygen atoms in total. The van der Waals surface area contributed by atoms with Gasteiger partial charge in [-0.2, -0.15) is 5.10 Å². The predicted molar refractivity (Wildman–Crippen MR) is 90.1 cm³/mol. The number of nitrogens with zero attached hydrogens (tertiary/aromatic N) is 3. The molecule has 2 heterocycles. The van der Waals surface area contributed by atoms with Gasteiger partial charge in [0.25, 0.3) is 0 Å². The van der Waals surface area contributed by atoms with Crippen molar-refractivity contribution in [2.24, 2.45) is 13.0 Å². The van der Waals surface area contributed by atoms with Crippen LogP contribution >= 0.6 is 0 Å². The summed E-state index contributed by atoms with van der Waals surface area (Å²) in [6, 6.07) is 7.70. The molecule has 24 heavy (non-hydrogen) atoms. The molecule has 0 aliphatic carbocycles. The van der Waals surface area contributed by atoms with Crippen molar-refractivity contribution < 1.29 is 14.6 Å². The third-order valence-electron chi connectivity index (χ3n) is 4.98. The molecule has 0 spiro atoms. The highest BCUT2D eigenvalue weighted by Gasteiger charge is 2.39. The molecule has 128 valence electrons. The summed E-state index contributed by atoms with van der Waals surface area (Å²) >= 11 is 0. The van der Waals surface area contributed by atoms with Crippen LogP contribution in [0.4, 0.5) is 0 Å². The minimum absolute atomic E-state index is 0.0735. The average molecular weight is 329 g/mol. The number of aromatic nitrogens is 2. The van der Waals surface area contributed by atoms with Crippen LogP contribution in [0.1, 0.15) is 22.7 Å². The normalized spacial score (nSPS) is 21.1. The van der Waals surface area contributed by atoms with Crippen LogP contribution < -0.4 is 4.74 Å². The van der Waals surface area contributed by atoms with E-state index in [1.165, 1.54) is 0 Å². The van der Waals surface area contributed by atoms with Crippen molar-refractivity contribution >= 4 is 5.97 Å². The Labute approximate surface area is 141 Å². The fourth-order valence-electron chi connectivity index (χ4n) is 3.49. The Kier molecular flexibility index (Phi) is 4.57. The lowest BCUT2D eigenvalue weighted by Gasteiger charge is -2.18. The zero-order valence-corrected chi connectivity index (χ0v) is 14.3. The maximum atomic E-state index is 11.8. The van der Waals surface area contributed by atoms with E-state index in [0.717, 1.165) is 29.1 Å². The Hall–Kier alpha value is -2.34. The third-order valence-corrected chi connectivity index (χ3v) is 4.98. The van der Waals surface area contributed by atoms with Crippen LogP contribution in [0.2, 0.25) is 0 Å². The van der Waals surface area contributed by atoms with Gasteiger partial charge >= 0.3 is 5.97 Å². The summed E-state index contributed by atoms with van der Waals surface area (Å²) in [7, 11) is 3.54. The predicted octanol–water partition coefficient (Wildman–Crippen LogP) is 2.04. The van der Waals surface area contributed by atoms with Gasteiger partial charge in [0.1, 0.15) is 5.75 Å². The molecule has 3 rings (SSSR count). The molecule has 1 aromatic carbocycles. The molecule has 0 amide bonds. The Morgan fingerprint density at radius 2 is 2.12 bits per heavy atom. The number of aryl methyl sites for hydroxylation is 1. The smallest absolute Gasteiger partial charge is 0.308 e. The van der Waals surface area contributed by atoms with Gasteiger partial charge in [-0.3, -0.25) is 14.4 Å². The van der Waals surface area contributed by atoms with Gasteiger partial charge in [0.2, 0.25) is 0 Å². The lowest BCUT2D eigenvalue weighted by Crippen LogP contribution is -2.23. The van der Waals surface area contributed by atoms with Crippen LogP contribution in [0.3, 0.4) is 0 Å². The van der Waals surface area contributed by atoms with Crippen molar-refractivity contribution in [1.29, 1.82) is 0 Å². The van der Waals surface area contributed by atoms with E-state index in [9.17, 15) is 9.90 Å². The Balaban J connectivity index is 1.84. The molecule has 1 saturated heterocycles. The van der Waals surface area contributed by atoms with Gasteiger partial charge in [-0.1, -0.05) is 18.2 Å². The Morgan fingerprint density at radius 3 is 2.75 bits per heavy atom. The quantitative estimate of drug-likeness (QED) is 0.909. The third kappa shape index (κ3) is 3.01. The number of carboxylic acids is 1. The van der Waals surface area contributed by atoms with E-state index in [2.05, 4.69) is 10.00 Å². The largest absolute Gasteiger partial charge is 0.496 e. The van der Waals surface area contributed by atoms with Crippen molar-refractivity contribution in [3.63, 3.8) is 0 Å². The maximum Gasteiger partial charge on any atom is 0.308 e. The fraction of sp³-hybridized carbons (Fsp3) is 0.444. The SMILES string of the molecule is COc1ccccc1[C@@H]1CN(Cc2cnn(C)c2C)C[C@H]1C(=O)O. The van der Waals surface area contributed by atoms with E-state index in [0.29, 0.717) is 13.1 Å². The van der Waals surface area contributed by atoms with Crippen molar-refractivity contribution in [3.05, 3.63) is 47.3 Å². The van der Waals surface area contributed by atoms with Gasteiger partial charge < -0.3 is 9.84 Å². The Morgan fingerprint density at radius 1 is 1.38 bits per heavy atom. The van der Waals surface area contributed by atoms with Crippen molar-refractivity contribution in [1.82, 2.24) is 14.7 Å². The lowest BCUT2D eigenvalue weighted by molar-refractivity contribution is -0.141. The van der Waals surface area contributed by atoms with E-state index in [1.54, 1.807) is 7.11 Å². The number of carbonyl (C=O) groups is 1. The molecule has 1 N–H and O–H groups in total. The van der Waals surface area contributed by atoms with Gasteiger partial charge in [-0.25, -0.2) is 0 Å². The van der Waals surface area contributed by atoms with Gasteiger partial charge in [0, 0.05) is 43.9 Å². The fourth-order valence-corrected chi connectivity index (χ4v) is 3.49. The summed E-state index contributed by atoms with van der Waals surface area (Å²) in [4.78, 5) is 14.0. The zero-order chi connectivity index (χ0) is 17.3. The number of para-hydroxylation sites is 1. The van der Waals surface area contributed by atoms with Gasteiger partial charge in [0.15, 0.2) is 0 Å². The van der Waals surface area contributed by atoms with Crippen molar-refractivity contribution in [3.8, 4) is 5.75 Å². The highest BCUT2D eigenvalue weighted by atomic mass is 16.5. The molecule has 1 fully saturated rings. The molecular formula is C18H23N3O3. The van der Waals surface area contributed by atoms with Crippen molar-refractivity contribution in [2.75, 3.05) is 20.2 Å². The molecule has 1 aromatic heterocycles. The first kappa shape index (κ1) is 16.5. The van der Waals surface area contributed by atoms with Crippen LogP contribution in [0.15, 0.2) is 30.5 Å². The first-order chi connectivity index (χ1) is 11.5. The first-order valence-corrected chi connectivity index (χ1v) is 8.06. The molecule has 0 saturated carbocycles. The average Bonchev–Trinajstić information content (AvgIpc) is 3.14. The topological polar surface area (TPSA) is 67.6 Å². The zero-order valence-electron chi connectivity index (χ0n) is 14.3. The van der Waals surface area contributed by atoms with E-state index >= 15 is 0 Å². The number of aliphatic carboxylic acids is 1. The molecule has 0 bridgehead atoms. The second-order valence-corrected chi connectivity index (χ2v) is 6.37. The summed E-state index contributed by atoms with van der Waals surface area (Å²) < 4.78 is 7.28. The van der Waals surface area contributed by atoms with E-state index < -0.39 is 11.9 Å². The molecule has 2 atom stereocenters. The van der Waals surface area contributed by atoms with Gasteiger partial charge in [0.05, 0.1) is 19.2 Å². The molecule has 1 aliphatic heterocycles. The second-order valence-electron chi connectivity index (χ2n) is 6.37. The number of hydrogen-bond acceptors (Lipinski definition) is 4. The van der Waals surface area contributed by atoms with Crippen LogP contribution in [-0.4, -0.2) is 46.0 Å². The maximum absolute atomic E-state index is 11.8. The summed E-state index contributed by atoms with van der Waals surface area (Å²) in [6.07, 6.45) is 1.86. The molecule has 2 aromatic rings. The number of rotatable bonds is 5. The van der Waals surface area contributed by atoms with E-state index in [-0.39, 0.29) is 5.92 Å². The molecule has 0 radical (unpaired) electrons. The highest BCUT2D eigenvalue weighted by molar-refractivity contribution is 5.72.